The van der Waals surface area contributed by atoms with Crippen LogP contribution in [0.25, 0.3) is 16.9 Å². The second kappa shape index (κ2) is 5.01. The van der Waals surface area contributed by atoms with Crippen LogP contribution in [-0.2, 0) is 11.2 Å². The summed E-state index contributed by atoms with van der Waals surface area (Å²) in [6.07, 6.45) is 3.26. The Bertz CT molecular complexity index is 945. The third-order valence-corrected chi connectivity index (χ3v) is 4.15. The number of hydrogen-bond acceptors (Lipinski definition) is 4. The van der Waals surface area contributed by atoms with E-state index in [1.807, 2.05) is 16.7 Å². The van der Waals surface area contributed by atoms with Crippen molar-refractivity contribution in [2.45, 2.75) is 13.3 Å². The Morgan fingerprint density at radius 1 is 1.26 bits per heavy atom. The summed E-state index contributed by atoms with van der Waals surface area (Å²) in [6, 6.07) is 9.38. The Morgan fingerprint density at radius 3 is 2.91 bits per heavy atom. The standard InChI is InChI=1S/C17H14N4O2/c1-11(23)20-7-6-12-8-14(3-5-16(12)20)21-10-18-15-4-2-13(9-22)19-17(15)21/h2-5,8-10H,6-7H2,1H3. The van der Waals surface area contributed by atoms with E-state index in [0.29, 0.717) is 17.9 Å². The minimum absolute atomic E-state index is 0.0573. The van der Waals surface area contributed by atoms with Crippen molar-refractivity contribution in [3.05, 3.63) is 47.9 Å². The summed E-state index contributed by atoms with van der Waals surface area (Å²) in [5, 5.41) is 0. The van der Waals surface area contributed by atoms with E-state index < -0.39 is 0 Å². The first-order valence-corrected chi connectivity index (χ1v) is 7.38. The average Bonchev–Trinajstić information content (AvgIpc) is 3.17. The van der Waals surface area contributed by atoms with Gasteiger partial charge in [0.05, 0.1) is 0 Å². The topological polar surface area (TPSA) is 68.1 Å². The fourth-order valence-corrected chi connectivity index (χ4v) is 3.03. The number of aldehydes is 1. The summed E-state index contributed by atoms with van der Waals surface area (Å²) in [6.45, 7) is 2.30. The van der Waals surface area contributed by atoms with Crippen LogP contribution in [0.3, 0.4) is 0 Å². The van der Waals surface area contributed by atoms with Gasteiger partial charge >= 0.3 is 0 Å². The molecule has 6 heteroatoms. The molecule has 0 radical (unpaired) electrons. The molecule has 0 fully saturated rings. The van der Waals surface area contributed by atoms with Crippen molar-refractivity contribution in [3.8, 4) is 5.69 Å². The predicted octanol–water partition coefficient (Wildman–Crippen LogP) is 2.14. The molecule has 114 valence electrons. The highest BCUT2D eigenvalue weighted by atomic mass is 16.2. The molecule has 0 spiro atoms. The van der Waals surface area contributed by atoms with E-state index in [1.54, 1.807) is 30.3 Å². The summed E-state index contributed by atoms with van der Waals surface area (Å²) in [5.74, 6) is 0.0573. The number of imidazole rings is 1. The summed E-state index contributed by atoms with van der Waals surface area (Å²) < 4.78 is 1.86. The van der Waals surface area contributed by atoms with Gasteiger partial charge in [-0.15, -0.1) is 0 Å². The number of aromatic nitrogens is 3. The Balaban J connectivity index is 1.83. The molecule has 23 heavy (non-hydrogen) atoms. The fraction of sp³-hybridized carbons (Fsp3) is 0.176. The van der Waals surface area contributed by atoms with Gasteiger partial charge in [-0.2, -0.15) is 0 Å². The fourth-order valence-electron chi connectivity index (χ4n) is 3.03. The number of pyridine rings is 1. The predicted molar refractivity (Wildman–Crippen MR) is 86.0 cm³/mol. The Labute approximate surface area is 132 Å². The number of carbonyl (C=O) groups excluding carboxylic acids is 2. The number of nitrogens with zero attached hydrogens (tertiary/aromatic N) is 4. The molecule has 1 aliphatic heterocycles. The number of benzene rings is 1. The lowest BCUT2D eigenvalue weighted by Gasteiger charge is -2.15. The van der Waals surface area contributed by atoms with Crippen molar-refractivity contribution in [1.82, 2.24) is 14.5 Å². The first kappa shape index (κ1) is 13.6. The van der Waals surface area contributed by atoms with Crippen molar-refractivity contribution >= 4 is 29.0 Å². The Kier molecular flexibility index (Phi) is 2.97. The zero-order chi connectivity index (χ0) is 16.0. The molecule has 0 saturated heterocycles. The van der Waals surface area contributed by atoms with Gasteiger partial charge in [-0.1, -0.05) is 0 Å². The molecule has 0 N–H and O–H groups in total. The third-order valence-electron chi connectivity index (χ3n) is 4.15. The monoisotopic (exact) mass is 306 g/mol. The van der Waals surface area contributed by atoms with E-state index in [9.17, 15) is 9.59 Å². The van der Waals surface area contributed by atoms with Crippen molar-refractivity contribution in [1.29, 1.82) is 0 Å². The molecule has 3 aromatic rings. The SMILES string of the molecule is CC(=O)N1CCc2cc(-n3cnc4ccc(C=O)nc43)ccc21. The Morgan fingerprint density at radius 2 is 2.13 bits per heavy atom. The van der Waals surface area contributed by atoms with Crippen molar-refractivity contribution in [2.24, 2.45) is 0 Å². The normalized spacial score (nSPS) is 13.3. The minimum Gasteiger partial charge on any atom is -0.312 e. The molecule has 4 rings (SSSR count). The summed E-state index contributed by atoms with van der Waals surface area (Å²) in [7, 11) is 0. The minimum atomic E-state index is 0.0573. The highest BCUT2D eigenvalue weighted by Crippen LogP contribution is 2.30. The first-order chi connectivity index (χ1) is 11.2. The molecule has 6 nitrogen and oxygen atoms in total. The van der Waals surface area contributed by atoms with Crippen molar-refractivity contribution < 1.29 is 9.59 Å². The van der Waals surface area contributed by atoms with Gasteiger partial charge in [-0.25, -0.2) is 9.97 Å². The molecule has 0 aliphatic carbocycles. The van der Waals surface area contributed by atoms with Crippen molar-refractivity contribution in [3.63, 3.8) is 0 Å². The van der Waals surface area contributed by atoms with Gasteiger partial charge in [0.15, 0.2) is 11.9 Å². The van der Waals surface area contributed by atoms with Crippen LogP contribution in [0.4, 0.5) is 5.69 Å². The molecule has 1 aliphatic rings. The molecular formula is C17H14N4O2. The van der Waals surface area contributed by atoms with Gasteiger partial charge in [0.25, 0.3) is 0 Å². The number of hydrogen-bond donors (Lipinski definition) is 0. The number of anilines is 1. The lowest BCUT2D eigenvalue weighted by Crippen LogP contribution is -2.25. The van der Waals surface area contributed by atoms with Crippen LogP contribution >= 0.6 is 0 Å². The first-order valence-electron chi connectivity index (χ1n) is 7.38. The smallest absolute Gasteiger partial charge is 0.223 e. The van der Waals surface area contributed by atoms with Gasteiger partial charge in [-0.05, 0) is 42.3 Å². The molecule has 0 atom stereocenters. The Hall–Kier alpha value is -3.02. The molecule has 0 bridgehead atoms. The number of fused-ring (bicyclic) bond motifs is 2. The molecule has 0 unspecified atom stereocenters. The molecule has 1 aromatic carbocycles. The molecular weight excluding hydrogens is 292 g/mol. The summed E-state index contributed by atoms with van der Waals surface area (Å²) in [4.78, 5) is 33.0. The summed E-state index contributed by atoms with van der Waals surface area (Å²) >= 11 is 0. The lowest BCUT2D eigenvalue weighted by molar-refractivity contribution is -0.116. The molecule has 3 heterocycles. The highest BCUT2D eigenvalue weighted by molar-refractivity contribution is 5.94. The maximum absolute atomic E-state index is 11.6. The van der Waals surface area contributed by atoms with Crippen LogP contribution in [0.2, 0.25) is 0 Å². The summed E-state index contributed by atoms with van der Waals surface area (Å²) in [5.41, 5.74) is 4.78. The number of rotatable bonds is 2. The zero-order valence-corrected chi connectivity index (χ0v) is 12.6. The van der Waals surface area contributed by atoms with Crippen LogP contribution in [0.5, 0.6) is 0 Å². The van der Waals surface area contributed by atoms with Gasteiger partial charge in [0.1, 0.15) is 17.5 Å². The van der Waals surface area contributed by atoms with Gasteiger partial charge < -0.3 is 4.90 Å². The lowest BCUT2D eigenvalue weighted by atomic mass is 10.1. The highest BCUT2D eigenvalue weighted by Gasteiger charge is 2.22. The van der Waals surface area contributed by atoms with Gasteiger partial charge in [0.2, 0.25) is 5.91 Å². The molecule has 2 aromatic heterocycles. The maximum Gasteiger partial charge on any atom is 0.223 e. The quantitative estimate of drug-likeness (QED) is 0.680. The van der Waals surface area contributed by atoms with E-state index in [-0.39, 0.29) is 5.91 Å². The molecule has 1 amide bonds. The van der Waals surface area contributed by atoms with Crippen LogP contribution in [0.1, 0.15) is 23.0 Å². The zero-order valence-electron chi connectivity index (χ0n) is 12.6. The van der Waals surface area contributed by atoms with E-state index in [0.717, 1.165) is 35.2 Å². The number of carbonyl (C=O) groups is 2. The van der Waals surface area contributed by atoms with Crippen LogP contribution in [0, 0.1) is 0 Å². The van der Waals surface area contributed by atoms with Gasteiger partial charge in [0, 0.05) is 24.8 Å². The van der Waals surface area contributed by atoms with Crippen LogP contribution in [-0.4, -0.2) is 33.3 Å². The van der Waals surface area contributed by atoms with E-state index >= 15 is 0 Å². The van der Waals surface area contributed by atoms with E-state index in [4.69, 9.17) is 0 Å². The van der Waals surface area contributed by atoms with E-state index in [1.165, 1.54) is 0 Å². The van der Waals surface area contributed by atoms with E-state index in [2.05, 4.69) is 16.0 Å². The van der Waals surface area contributed by atoms with Crippen LogP contribution in [0.15, 0.2) is 36.7 Å². The largest absolute Gasteiger partial charge is 0.312 e. The van der Waals surface area contributed by atoms with Crippen LogP contribution < -0.4 is 4.90 Å². The second-order valence-corrected chi connectivity index (χ2v) is 5.54. The average molecular weight is 306 g/mol. The number of amides is 1. The third kappa shape index (κ3) is 2.11. The molecule has 0 saturated carbocycles. The second-order valence-electron chi connectivity index (χ2n) is 5.54. The van der Waals surface area contributed by atoms with Crippen molar-refractivity contribution in [2.75, 3.05) is 11.4 Å². The maximum atomic E-state index is 11.6. The van der Waals surface area contributed by atoms with Gasteiger partial charge in [-0.3, -0.25) is 14.2 Å².